The summed E-state index contributed by atoms with van der Waals surface area (Å²) in [6.07, 6.45) is -1.18. The van der Waals surface area contributed by atoms with E-state index in [-0.39, 0.29) is 31.3 Å². The minimum absolute atomic E-state index is 0.0454. The summed E-state index contributed by atoms with van der Waals surface area (Å²) in [6.45, 7) is 1.44. The highest BCUT2D eigenvalue weighted by atomic mass is 16.5. The number of carbonyl (C=O) groups is 3. The lowest BCUT2D eigenvalue weighted by Gasteiger charge is -2.37. The summed E-state index contributed by atoms with van der Waals surface area (Å²) in [6, 6.07) is 45.0. The number of aliphatic carboxylic acids is 1. The van der Waals surface area contributed by atoms with Crippen molar-refractivity contribution < 1.29 is 24.2 Å². The third kappa shape index (κ3) is 6.25. The number of benzene rings is 5. The van der Waals surface area contributed by atoms with Crippen molar-refractivity contribution in [3.63, 3.8) is 0 Å². The molecule has 0 aromatic heterocycles. The molecular formula is C40H36N2O5. The predicted molar refractivity (Wildman–Crippen MR) is 181 cm³/mol. The van der Waals surface area contributed by atoms with Crippen LogP contribution in [-0.2, 0) is 19.9 Å². The Bertz CT molecular complexity index is 1740. The number of alkyl carbamates (subject to hydrolysis) is 1. The molecule has 0 spiro atoms. The SMILES string of the molecule is C[C@@](CCC(=O)NC(c1ccccc1)(c1ccccc1)c1ccccc1)(NC(=O)OCC1c2ccccc2-c2ccccc21)C(=O)O. The molecule has 2 amide bonds. The zero-order valence-corrected chi connectivity index (χ0v) is 26.1. The first kappa shape index (κ1) is 31.3. The van der Waals surface area contributed by atoms with Gasteiger partial charge in [0, 0.05) is 12.3 Å². The highest BCUT2D eigenvalue weighted by Gasteiger charge is 2.40. The van der Waals surface area contributed by atoms with E-state index in [9.17, 15) is 19.5 Å². The van der Waals surface area contributed by atoms with Gasteiger partial charge in [-0.25, -0.2) is 9.59 Å². The van der Waals surface area contributed by atoms with Crippen LogP contribution in [0.3, 0.4) is 0 Å². The Hall–Kier alpha value is -5.69. The maximum absolute atomic E-state index is 13.8. The Balaban J connectivity index is 1.18. The number of hydrogen-bond donors (Lipinski definition) is 3. The van der Waals surface area contributed by atoms with E-state index in [2.05, 4.69) is 10.6 Å². The smallest absolute Gasteiger partial charge is 0.408 e. The van der Waals surface area contributed by atoms with Crippen molar-refractivity contribution in [2.24, 2.45) is 0 Å². The molecule has 0 fully saturated rings. The highest BCUT2D eigenvalue weighted by molar-refractivity contribution is 5.86. The lowest BCUT2D eigenvalue weighted by atomic mass is 9.76. The molecule has 5 aromatic carbocycles. The highest BCUT2D eigenvalue weighted by Crippen LogP contribution is 2.44. The molecule has 7 heteroatoms. The van der Waals surface area contributed by atoms with E-state index in [1.165, 1.54) is 6.92 Å². The molecule has 5 aromatic rings. The first-order chi connectivity index (χ1) is 22.8. The summed E-state index contributed by atoms with van der Waals surface area (Å²) in [5, 5.41) is 16.0. The van der Waals surface area contributed by atoms with Crippen molar-refractivity contribution in [2.75, 3.05) is 6.61 Å². The molecule has 47 heavy (non-hydrogen) atoms. The number of nitrogens with one attached hydrogen (secondary N) is 2. The molecule has 1 aliphatic carbocycles. The first-order valence-corrected chi connectivity index (χ1v) is 15.7. The molecule has 0 saturated heterocycles. The van der Waals surface area contributed by atoms with Crippen LogP contribution in [0, 0.1) is 0 Å². The van der Waals surface area contributed by atoms with Crippen LogP contribution in [0.15, 0.2) is 140 Å². The molecule has 0 bridgehead atoms. The largest absolute Gasteiger partial charge is 0.480 e. The summed E-state index contributed by atoms with van der Waals surface area (Å²) < 4.78 is 5.63. The van der Waals surface area contributed by atoms with Crippen LogP contribution in [0.5, 0.6) is 0 Å². The second-order valence-electron chi connectivity index (χ2n) is 12.0. The zero-order valence-electron chi connectivity index (χ0n) is 26.1. The van der Waals surface area contributed by atoms with Crippen molar-refractivity contribution in [1.82, 2.24) is 10.6 Å². The van der Waals surface area contributed by atoms with Gasteiger partial charge in [-0.05, 0) is 52.3 Å². The van der Waals surface area contributed by atoms with Gasteiger partial charge in [0.05, 0.1) is 0 Å². The molecule has 0 unspecified atom stereocenters. The van der Waals surface area contributed by atoms with Crippen LogP contribution >= 0.6 is 0 Å². The fourth-order valence-corrected chi connectivity index (χ4v) is 6.50. The van der Waals surface area contributed by atoms with Crippen molar-refractivity contribution >= 4 is 18.0 Å². The van der Waals surface area contributed by atoms with E-state index < -0.39 is 23.1 Å². The number of carboxylic acids is 1. The molecular weight excluding hydrogens is 588 g/mol. The Kier molecular flexibility index (Phi) is 8.89. The first-order valence-electron chi connectivity index (χ1n) is 15.7. The molecule has 1 aliphatic rings. The van der Waals surface area contributed by atoms with E-state index in [1.54, 1.807) is 0 Å². The number of rotatable bonds is 11. The second kappa shape index (κ2) is 13.3. The molecule has 0 heterocycles. The van der Waals surface area contributed by atoms with Crippen LogP contribution in [0.1, 0.15) is 53.5 Å². The minimum Gasteiger partial charge on any atom is -0.480 e. The van der Waals surface area contributed by atoms with E-state index in [1.807, 2.05) is 140 Å². The van der Waals surface area contributed by atoms with E-state index in [0.29, 0.717) is 0 Å². The maximum Gasteiger partial charge on any atom is 0.408 e. The van der Waals surface area contributed by atoms with Gasteiger partial charge in [-0.2, -0.15) is 0 Å². The van der Waals surface area contributed by atoms with Crippen LogP contribution in [0.2, 0.25) is 0 Å². The number of carbonyl (C=O) groups excluding carboxylic acids is 2. The summed E-state index contributed by atoms with van der Waals surface area (Å²) in [5.74, 6) is -1.81. The van der Waals surface area contributed by atoms with Crippen LogP contribution in [0.4, 0.5) is 4.79 Å². The molecule has 0 aliphatic heterocycles. The average Bonchev–Trinajstić information content (AvgIpc) is 3.43. The lowest BCUT2D eigenvalue weighted by molar-refractivity contribution is -0.144. The Labute approximate surface area is 274 Å². The molecule has 6 rings (SSSR count). The number of hydrogen-bond acceptors (Lipinski definition) is 4. The fraction of sp³-hybridized carbons (Fsp3) is 0.175. The van der Waals surface area contributed by atoms with Gasteiger partial charge in [0.1, 0.15) is 17.7 Å². The fourth-order valence-electron chi connectivity index (χ4n) is 6.50. The Morgan fingerprint density at radius 2 is 1.06 bits per heavy atom. The van der Waals surface area contributed by atoms with Crippen LogP contribution in [0.25, 0.3) is 11.1 Å². The summed E-state index contributed by atoms with van der Waals surface area (Å²) in [4.78, 5) is 39.4. The molecule has 0 radical (unpaired) electrons. The minimum atomic E-state index is -1.76. The van der Waals surface area contributed by atoms with Crippen molar-refractivity contribution in [1.29, 1.82) is 0 Å². The normalized spacial score (nSPS) is 13.5. The van der Waals surface area contributed by atoms with E-state index in [4.69, 9.17) is 4.74 Å². The lowest BCUT2D eigenvalue weighted by Crippen LogP contribution is -2.54. The third-order valence-corrected chi connectivity index (χ3v) is 8.99. The molecule has 7 nitrogen and oxygen atoms in total. The van der Waals surface area contributed by atoms with Crippen LogP contribution < -0.4 is 10.6 Å². The van der Waals surface area contributed by atoms with Crippen molar-refractivity contribution in [3.8, 4) is 11.1 Å². The quantitative estimate of drug-likeness (QED) is 0.134. The number of carboxylic acid groups (broad SMARTS) is 1. The van der Waals surface area contributed by atoms with Gasteiger partial charge in [-0.3, -0.25) is 4.79 Å². The van der Waals surface area contributed by atoms with Crippen LogP contribution in [-0.4, -0.2) is 35.2 Å². The van der Waals surface area contributed by atoms with E-state index >= 15 is 0 Å². The monoisotopic (exact) mass is 624 g/mol. The average molecular weight is 625 g/mol. The summed E-state index contributed by atoms with van der Waals surface area (Å²) in [5.41, 5.74) is 4.05. The Morgan fingerprint density at radius 1 is 0.638 bits per heavy atom. The topological polar surface area (TPSA) is 105 Å². The standard InChI is InChI=1S/C40H36N2O5/c1-39(37(44)45,42-38(46)47-27-35-33-23-13-11-21-31(33)32-22-12-14-24-34(32)35)26-25-36(43)41-40(28-15-5-2-6-16-28,29-17-7-3-8-18-29)30-19-9-4-10-20-30/h2-24,35H,25-27H2,1H3,(H,41,43)(H,42,46)(H,44,45)/t39-/m0/s1. The van der Waals surface area contributed by atoms with Gasteiger partial charge in [0.15, 0.2) is 0 Å². The summed E-state index contributed by atoms with van der Waals surface area (Å²) >= 11 is 0. The van der Waals surface area contributed by atoms with Crippen molar-refractivity contribution in [3.05, 3.63) is 167 Å². The van der Waals surface area contributed by atoms with Gasteiger partial charge in [0.25, 0.3) is 0 Å². The maximum atomic E-state index is 13.8. The predicted octanol–water partition coefficient (Wildman–Crippen LogP) is 7.26. The third-order valence-electron chi connectivity index (χ3n) is 8.99. The number of ether oxygens (including phenoxy) is 1. The van der Waals surface area contributed by atoms with Gasteiger partial charge >= 0.3 is 12.1 Å². The number of amides is 2. The second-order valence-corrected chi connectivity index (χ2v) is 12.0. The molecule has 1 atom stereocenters. The molecule has 0 saturated carbocycles. The van der Waals surface area contributed by atoms with E-state index in [0.717, 1.165) is 38.9 Å². The molecule has 236 valence electrons. The zero-order chi connectivity index (χ0) is 32.9. The van der Waals surface area contributed by atoms with Gasteiger partial charge < -0.3 is 20.5 Å². The number of fused-ring (bicyclic) bond motifs is 3. The Morgan fingerprint density at radius 3 is 1.51 bits per heavy atom. The summed E-state index contributed by atoms with van der Waals surface area (Å²) in [7, 11) is 0. The molecule has 3 N–H and O–H groups in total. The van der Waals surface area contributed by atoms with Gasteiger partial charge in [-0.1, -0.05) is 140 Å². The van der Waals surface area contributed by atoms with Crippen molar-refractivity contribution in [2.45, 2.75) is 36.8 Å². The van der Waals surface area contributed by atoms with Gasteiger partial charge in [0.2, 0.25) is 5.91 Å². The van der Waals surface area contributed by atoms with Gasteiger partial charge in [-0.15, -0.1) is 0 Å².